The Hall–Kier alpha value is -1.30. The van der Waals surface area contributed by atoms with Crippen molar-refractivity contribution in [3.63, 3.8) is 0 Å². The minimum atomic E-state index is 0.127. The Kier molecular flexibility index (Phi) is 5.64. The topological polar surface area (TPSA) is 57.0 Å². The highest BCUT2D eigenvalue weighted by atomic mass is 16.5. The lowest BCUT2D eigenvalue weighted by molar-refractivity contribution is 0.132. The van der Waals surface area contributed by atoms with Gasteiger partial charge in [-0.1, -0.05) is 0 Å². The lowest BCUT2D eigenvalue weighted by atomic mass is 10.0. The summed E-state index contributed by atoms with van der Waals surface area (Å²) in [6.07, 6.45) is 1.03. The van der Waals surface area contributed by atoms with E-state index in [9.17, 15) is 0 Å². The van der Waals surface area contributed by atoms with Crippen LogP contribution in [0.4, 0.5) is 0 Å². The molecule has 1 fully saturated rings. The smallest absolute Gasteiger partial charge is 0.123 e. The molecule has 1 aliphatic heterocycles. The Labute approximate surface area is 120 Å². The largest absolute Gasteiger partial charge is 0.497 e. The molecule has 2 rings (SSSR count). The van der Waals surface area contributed by atoms with E-state index in [4.69, 9.17) is 19.9 Å². The maximum Gasteiger partial charge on any atom is 0.123 e. The van der Waals surface area contributed by atoms with Crippen LogP contribution in [0, 0.1) is 0 Å². The van der Waals surface area contributed by atoms with Crippen LogP contribution < -0.4 is 15.2 Å². The molecule has 1 aromatic rings. The highest BCUT2D eigenvalue weighted by Crippen LogP contribution is 2.32. The summed E-state index contributed by atoms with van der Waals surface area (Å²) >= 11 is 0. The van der Waals surface area contributed by atoms with Gasteiger partial charge in [0.15, 0.2) is 0 Å². The summed E-state index contributed by atoms with van der Waals surface area (Å²) < 4.78 is 16.3. The van der Waals surface area contributed by atoms with Crippen LogP contribution in [0.3, 0.4) is 0 Å². The number of benzene rings is 1. The predicted octanol–water partition coefficient (Wildman–Crippen LogP) is 1.43. The summed E-state index contributed by atoms with van der Waals surface area (Å²) in [5, 5.41) is 0. The van der Waals surface area contributed by atoms with Crippen LogP contribution in [0.25, 0.3) is 0 Å². The number of methoxy groups -OCH3 is 2. The van der Waals surface area contributed by atoms with Gasteiger partial charge in [-0.2, -0.15) is 0 Å². The molecule has 0 aliphatic carbocycles. The van der Waals surface area contributed by atoms with Crippen LogP contribution in [-0.2, 0) is 4.74 Å². The summed E-state index contributed by atoms with van der Waals surface area (Å²) in [6.45, 7) is 4.00. The summed E-state index contributed by atoms with van der Waals surface area (Å²) in [6, 6.07) is 5.98. The van der Waals surface area contributed by atoms with Crippen molar-refractivity contribution in [1.82, 2.24) is 4.90 Å². The number of rotatable bonds is 5. The van der Waals surface area contributed by atoms with Crippen molar-refractivity contribution in [2.45, 2.75) is 12.5 Å². The zero-order valence-corrected chi connectivity index (χ0v) is 12.3. The maximum atomic E-state index is 6.02. The molecule has 0 spiro atoms. The van der Waals surface area contributed by atoms with Crippen LogP contribution >= 0.6 is 0 Å². The molecule has 1 aromatic carbocycles. The van der Waals surface area contributed by atoms with Gasteiger partial charge in [-0.15, -0.1) is 0 Å². The highest BCUT2D eigenvalue weighted by Gasteiger charge is 2.23. The quantitative estimate of drug-likeness (QED) is 0.884. The standard InChI is InChI=1S/C15H24N2O3/c1-18-12-4-5-15(19-2)13(10-12)14(11-16)17-6-3-8-20-9-7-17/h4-5,10,14H,3,6-9,11,16H2,1-2H3. The average Bonchev–Trinajstić information content (AvgIpc) is 2.77. The number of nitrogens with zero attached hydrogens (tertiary/aromatic N) is 1. The first-order valence-corrected chi connectivity index (χ1v) is 7.04. The highest BCUT2D eigenvalue weighted by molar-refractivity contribution is 5.42. The molecule has 1 atom stereocenters. The van der Waals surface area contributed by atoms with Gasteiger partial charge in [-0.3, -0.25) is 4.90 Å². The number of ether oxygens (including phenoxy) is 3. The minimum Gasteiger partial charge on any atom is -0.497 e. The third-order valence-corrected chi connectivity index (χ3v) is 3.72. The molecule has 1 aliphatic rings. The van der Waals surface area contributed by atoms with Gasteiger partial charge in [-0.05, 0) is 24.6 Å². The van der Waals surface area contributed by atoms with E-state index in [0.29, 0.717) is 6.54 Å². The van der Waals surface area contributed by atoms with E-state index >= 15 is 0 Å². The molecule has 112 valence electrons. The normalized spacial score (nSPS) is 18.4. The fourth-order valence-corrected chi connectivity index (χ4v) is 2.65. The first-order valence-electron chi connectivity index (χ1n) is 7.04. The second kappa shape index (κ2) is 7.47. The average molecular weight is 280 g/mol. The lowest BCUT2D eigenvalue weighted by Crippen LogP contribution is -2.35. The van der Waals surface area contributed by atoms with Crippen LogP contribution in [-0.4, -0.2) is 52.0 Å². The van der Waals surface area contributed by atoms with Gasteiger partial charge >= 0.3 is 0 Å². The summed E-state index contributed by atoms with van der Waals surface area (Å²) in [5.41, 5.74) is 7.10. The van der Waals surface area contributed by atoms with Gasteiger partial charge in [-0.25, -0.2) is 0 Å². The van der Waals surface area contributed by atoms with Crippen LogP contribution in [0.5, 0.6) is 11.5 Å². The zero-order valence-electron chi connectivity index (χ0n) is 12.3. The Bertz CT molecular complexity index is 418. The molecule has 5 heteroatoms. The first kappa shape index (κ1) is 15.1. The van der Waals surface area contributed by atoms with Gasteiger partial charge in [0.05, 0.1) is 26.9 Å². The van der Waals surface area contributed by atoms with Crippen LogP contribution in [0.15, 0.2) is 18.2 Å². The second-order valence-electron chi connectivity index (χ2n) is 4.86. The molecular weight excluding hydrogens is 256 g/mol. The molecule has 5 nitrogen and oxygen atoms in total. The molecule has 1 saturated heterocycles. The third kappa shape index (κ3) is 3.42. The fourth-order valence-electron chi connectivity index (χ4n) is 2.65. The van der Waals surface area contributed by atoms with Crippen molar-refractivity contribution in [2.75, 3.05) is 47.1 Å². The molecule has 2 N–H and O–H groups in total. The van der Waals surface area contributed by atoms with Crippen molar-refractivity contribution >= 4 is 0 Å². The lowest BCUT2D eigenvalue weighted by Gasteiger charge is -2.30. The van der Waals surface area contributed by atoms with Gasteiger partial charge in [0.1, 0.15) is 11.5 Å². The number of nitrogens with two attached hydrogens (primary N) is 1. The van der Waals surface area contributed by atoms with E-state index in [1.165, 1.54) is 0 Å². The van der Waals surface area contributed by atoms with E-state index in [-0.39, 0.29) is 6.04 Å². The Morgan fingerprint density at radius 2 is 2.10 bits per heavy atom. The van der Waals surface area contributed by atoms with Crippen molar-refractivity contribution in [1.29, 1.82) is 0 Å². The SMILES string of the molecule is COc1ccc(OC)c(C(CN)N2CCCOCC2)c1. The molecule has 0 amide bonds. The Morgan fingerprint density at radius 1 is 1.25 bits per heavy atom. The Balaban J connectivity index is 2.28. The van der Waals surface area contributed by atoms with Crippen LogP contribution in [0.1, 0.15) is 18.0 Å². The second-order valence-corrected chi connectivity index (χ2v) is 4.86. The molecule has 0 bridgehead atoms. The zero-order chi connectivity index (χ0) is 14.4. The molecular formula is C15H24N2O3. The first-order chi connectivity index (χ1) is 9.80. The molecule has 1 heterocycles. The van der Waals surface area contributed by atoms with E-state index in [0.717, 1.165) is 49.8 Å². The predicted molar refractivity (Wildman–Crippen MR) is 78.4 cm³/mol. The monoisotopic (exact) mass is 280 g/mol. The van der Waals surface area contributed by atoms with Crippen molar-refractivity contribution in [3.8, 4) is 11.5 Å². The van der Waals surface area contributed by atoms with E-state index in [1.807, 2.05) is 18.2 Å². The summed E-state index contributed by atoms with van der Waals surface area (Å²) in [5.74, 6) is 1.68. The van der Waals surface area contributed by atoms with Gasteiger partial charge in [0.25, 0.3) is 0 Å². The summed E-state index contributed by atoms with van der Waals surface area (Å²) in [4.78, 5) is 2.37. The molecule has 0 radical (unpaired) electrons. The van der Waals surface area contributed by atoms with Crippen LogP contribution in [0.2, 0.25) is 0 Å². The molecule has 0 saturated carbocycles. The van der Waals surface area contributed by atoms with E-state index in [1.54, 1.807) is 14.2 Å². The van der Waals surface area contributed by atoms with E-state index < -0.39 is 0 Å². The number of hydrogen-bond donors (Lipinski definition) is 1. The minimum absolute atomic E-state index is 0.127. The van der Waals surface area contributed by atoms with Gasteiger partial charge < -0.3 is 19.9 Å². The van der Waals surface area contributed by atoms with Crippen molar-refractivity contribution in [3.05, 3.63) is 23.8 Å². The van der Waals surface area contributed by atoms with Crippen molar-refractivity contribution < 1.29 is 14.2 Å². The number of hydrogen-bond acceptors (Lipinski definition) is 5. The molecule has 20 heavy (non-hydrogen) atoms. The Morgan fingerprint density at radius 3 is 2.80 bits per heavy atom. The van der Waals surface area contributed by atoms with Gasteiger partial charge in [0, 0.05) is 31.8 Å². The molecule has 0 aromatic heterocycles. The van der Waals surface area contributed by atoms with E-state index in [2.05, 4.69) is 4.90 Å². The van der Waals surface area contributed by atoms with Crippen molar-refractivity contribution in [2.24, 2.45) is 5.73 Å². The fraction of sp³-hybridized carbons (Fsp3) is 0.600. The van der Waals surface area contributed by atoms with Gasteiger partial charge in [0.2, 0.25) is 0 Å². The molecule has 1 unspecified atom stereocenters. The maximum absolute atomic E-state index is 6.02. The summed E-state index contributed by atoms with van der Waals surface area (Å²) in [7, 11) is 3.35. The third-order valence-electron chi connectivity index (χ3n) is 3.72.